The third kappa shape index (κ3) is 4.36. The van der Waals surface area contributed by atoms with Crippen LogP contribution in [0.5, 0.6) is 0 Å². The van der Waals surface area contributed by atoms with Crippen molar-refractivity contribution in [3.8, 4) is 0 Å². The van der Waals surface area contributed by atoms with Crippen LogP contribution in [0.25, 0.3) is 0 Å². The van der Waals surface area contributed by atoms with E-state index in [-0.39, 0.29) is 6.54 Å². The van der Waals surface area contributed by atoms with Gasteiger partial charge in [0.1, 0.15) is 11.6 Å². The smallest absolute Gasteiger partial charge is 0.246 e. The molecule has 2 aromatic rings. The third-order valence-electron chi connectivity index (χ3n) is 3.29. The lowest BCUT2D eigenvalue weighted by molar-refractivity contribution is -0.129. The van der Waals surface area contributed by atoms with Crippen LogP contribution in [0.1, 0.15) is 5.56 Å². The summed E-state index contributed by atoms with van der Waals surface area (Å²) in [4.78, 5) is 12.2. The molecule has 24 heavy (non-hydrogen) atoms. The highest BCUT2D eigenvalue weighted by atomic mass is 32.2. The van der Waals surface area contributed by atoms with Crippen molar-refractivity contribution in [2.45, 2.75) is 11.4 Å². The first-order chi connectivity index (χ1) is 11.3. The maximum Gasteiger partial charge on any atom is 0.246 e. The summed E-state index contributed by atoms with van der Waals surface area (Å²) < 4.78 is 53.0. The van der Waals surface area contributed by atoms with Gasteiger partial charge < -0.3 is 4.90 Å². The second-order valence-corrected chi connectivity index (χ2v) is 6.81. The van der Waals surface area contributed by atoms with E-state index in [1.807, 2.05) is 35.1 Å². The lowest BCUT2D eigenvalue weighted by Gasteiger charge is -2.17. The number of amides is 1. The molecular formula is C16H16F2N2O3S. The minimum absolute atomic E-state index is 0.287. The van der Waals surface area contributed by atoms with Crippen molar-refractivity contribution >= 4 is 15.9 Å². The predicted molar refractivity (Wildman–Crippen MR) is 84.5 cm³/mol. The van der Waals surface area contributed by atoms with Crippen molar-refractivity contribution in [3.63, 3.8) is 0 Å². The molecule has 128 valence electrons. The average Bonchev–Trinajstić information content (AvgIpc) is 2.53. The van der Waals surface area contributed by atoms with Crippen LogP contribution < -0.4 is 4.72 Å². The Balaban J connectivity index is 2.02. The Hall–Kier alpha value is -2.32. The maximum absolute atomic E-state index is 13.6. The summed E-state index contributed by atoms with van der Waals surface area (Å²) in [5.41, 5.74) is 0.872. The summed E-state index contributed by atoms with van der Waals surface area (Å²) in [5.74, 6) is -2.96. The second-order valence-electron chi connectivity index (χ2n) is 5.11. The first-order valence-electron chi connectivity index (χ1n) is 7.03. The van der Waals surface area contributed by atoms with Gasteiger partial charge in [-0.1, -0.05) is 36.4 Å². The molecule has 5 nitrogen and oxygen atoms in total. The Morgan fingerprint density at radius 1 is 1.04 bits per heavy atom. The van der Waals surface area contributed by atoms with Gasteiger partial charge in [-0.3, -0.25) is 4.79 Å². The van der Waals surface area contributed by atoms with Gasteiger partial charge in [-0.2, -0.15) is 0 Å². The Labute approximate surface area is 139 Å². The minimum atomic E-state index is -4.47. The average molecular weight is 354 g/mol. The van der Waals surface area contributed by atoms with Crippen molar-refractivity contribution in [2.75, 3.05) is 13.6 Å². The number of hydrogen-bond donors (Lipinski definition) is 1. The van der Waals surface area contributed by atoms with E-state index in [0.29, 0.717) is 0 Å². The Morgan fingerprint density at radius 2 is 1.62 bits per heavy atom. The summed E-state index contributed by atoms with van der Waals surface area (Å²) in [6.07, 6.45) is 0. The van der Waals surface area contributed by atoms with E-state index in [1.165, 1.54) is 11.9 Å². The van der Waals surface area contributed by atoms with Crippen molar-refractivity contribution in [2.24, 2.45) is 0 Å². The van der Waals surface area contributed by atoms with Gasteiger partial charge in [0.15, 0.2) is 4.90 Å². The molecule has 2 aromatic carbocycles. The summed E-state index contributed by atoms with van der Waals surface area (Å²) in [7, 11) is -2.96. The van der Waals surface area contributed by atoms with Crippen LogP contribution >= 0.6 is 0 Å². The summed E-state index contributed by atoms with van der Waals surface area (Å²) >= 11 is 0. The largest absolute Gasteiger partial charge is 0.340 e. The van der Waals surface area contributed by atoms with Crippen LogP contribution in [0.2, 0.25) is 0 Å². The molecule has 0 unspecified atom stereocenters. The van der Waals surface area contributed by atoms with Crippen LogP contribution in [-0.2, 0) is 21.4 Å². The SMILES string of the molecule is CN(Cc1ccccc1)C(=O)CNS(=O)(=O)c1c(F)cccc1F. The van der Waals surface area contributed by atoms with E-state index < -0.39 is 39.0 Å². The molecule has 0 aromatic heterocycles. The molecule has 0 aliphatic rings. The first kappa shape index (κ1) is 18.0. The zero-order valence-electron chi connectivity index (χ0n) is 12.9. The fraction of sp³-hybridized carbons (Fsp3) is 0.188. The highest BCUT2D eigenvalue weighted by Crippen LogP contribution is 2.17. The molecule has 1 N–H and O–H groups in total. The molecule has 0 saturated carbocycles. The molecule has 8 heteroatoms. The molecule has 0 atom stereocenters. The molecule has 0 saturated heterocycles. The molecule has 0 aliphatic carbocycles. The number of rotatable bonds is 6. The van der Waals surface area contributed by atoms with E-state index >= 15 is 0 Å². The molecule has 0 spiro atoms. The van der Waals surface area contributed by atoms with Gasteiger partial charge >= 0.3 is 0 Å². The second kappa shape index (κ2) is 7.50. The number of carbonyl (C=O) groups excluding carboxylic acids is 1. The highest BCUT2D eigenvalue weighted by molar-refractivity contribution is 7.89. The lowest BCUT2D eigenvalue weighted by atomic mass is 10.2. The van der Waals surface area contributed by atoms with Crippen molar-refractivity contribution < 1.29 is 22.0 Å². The number of hydrogen-bond acceptors (Lipinski definition) is 3. The first-order valence-corrected chi connectivity index (χ1v) is 8.51. The highest BCUT2D eigenvalue weighted by Gasteiger charge is 2.24. The van der Waals surface area contributed by atoms with E-state index in [0.717, 1.165) is 23.8 Å². The zero-order chi connectivity index (χ0) is 17.7. The molecule has 0 bridgehead atoms. The van der Waals surface area contributed by atoms with E-state index in [9.17, 15) is 22.0 Å². The monoisotopic (exact) mass is 354 g/mol. The van der Waals surface area contributed by atoms with Crippen molar-refractivity contribution in [1.82, 2.24) is 9.62 Å². The third-order valence-corrected chi connectivity index (χ3v) is 4.74. The number of sulfonamides is 1. The van der Waals surface area contributed by atoms with Crippen LogP contribution in [0, 0.1) is 11.6 Å². The standard InChI is InChI=1S/C16H16F2N2O3S/c1-20(11-12-6-3-2-4-7-12)15(21)10-19-24(22,23)16-13(17)8-5-9-14(16)18/h2-9,19H,10-11H2,1H3. The van der Waals surface area contributed by atoms with Gasteiger partial charge in [-0.15, -0.1) is 0 Å². The molecule has 0 fully saturated rings. The Kier molecular flexibility index (Phi) is 5.63. The van der Waals surface area contributed by atoms with Gasteiger partial charge in [0.05, 0.1) is 6.54 Å². The van der Waals surface area contributed by atoms with E-state index in [1.54, 1.807) is 0 Å². The quantitative estimate of drug-likeness (QED) is 0.862. The van der Waals surface area contributed by atoms with Crippen molar-refractivity contribution in [1.29, 1.82) is 0 Å². The number of halogens is 2. The Bertz CT molecular complexity index is 806. The predicted octanol–water partition coefficient (Wildman–Crippen LogP) is 1.90. The van der Waals surface area contributed by atoms with Gasteiger partial charge in [0.25, 0.3) is 0 Å². The normalized spacial score (nSPS) is 11.3. The minimum Gasteiger partial charge on any atom is -0.340 e. The number of likely N-dealkylation sites (N-methyl/N-ethyl adjacent to an activating group) is 1. The van der Waals surface area contributed by atoms with Gasteiger partial charge in [-0.25, -0.2) is 21.9 Å². The molecule has 0 radical (unpaired) electrons. The van der Waals surface area contributed by atoms with Gasteiger partial charge in [0, 0.05) is 13.6 Å². The lowest BCUT2D eigenvalue weighted by Crippen LogP contribution is -2.38. The van der Waals surface area contributed by atoms with Gasteiger partial charge in [-0.05, 0) is 17.7 Å². The Morgan fingerprint density at radius 3 is 2.21 bits per heavy atom. The molecule has 2 rings (SSSR count). The van der Waals surface area contributed by atoms with Gasteiger partial charge in [0.2, 0.25) is 15.9 Å². The summed E-state index contributed by atoms with van der Waals surface area (Å²) in [6, 6.07) is 11.8. The fourth-order valence-corrected chi connectivity index (χ4v) is 3.16. The number of benzene rings is 2. The van der Waals surface area contributed by atoms with Crippen molar-refractivity contribution in [3.05, 3.63) is 65.7 Å². The number of nitrogens with zero attached hydrogens (tertiary/aromatic N) is 1. The molecule has 0 heterocycles. The maximum atomic E-state index is 13.6. The van der Waals surface area contributed by atoms with E-state index in [4.69, 9.17) is 0 Å². The topological polar surface area (TPSA) is 66.5 Å². The summed E-state index contributed by atoms with van der Waals surface area (Å²) in [6.45, 7) is -0.311. The van der Waals surface area contributed by atoms with Crippen LogP contribution in [0.15, 0.2) is 53.4 Å². The van der Waals surface area contributed by atoms with E-state index in [2.05, 4.69) is 0 Å². The number of nitrogens with one attached hydrogen (secondary N) is 1. The molecule has 1 amide bonds. The fourth-order valence-electron chi connectivity index (χ4n) is 2.05. The number of carbonyl (C=O) groups is 1. The molecule has 0 aliphatic heterocycles. The van der Waals surface area contributed by atoms with Crippen LogP contribution in [0.4, 0.5) is 8.78 Å². The molecular weight excluding hydrogens is 338 g/mol. The van der Waals surface area contributed by atoms with Crippen LogP contribution in [-0.4, -0.2) is 32.8 Å². The van der Waals surface area contributed by atoms with Crippen LogP contribution in [0.3, 0.4) is 0 Å². The summed E-state index contributed by atoms with van der Waals surface area (Å²) in [5, 5.41) is 0. The zero-order valence-corrected chi connectivity index (χ0v) is 13.7.